The van der Waals surface area contributed by atoms with Gasteiger partial charge in [0.2, 0.25) is 0 Å². The Balaban J connectivity index is 1.96. The molecule has 1 atom stereocenters. The Hall–Kier alpha value is -0.450. The second-order valence-electron chi connectivity index (χ2n) is 4.61. The summed E-state index contributed by atoms with van der Waals surface area (Å²) in [7, 11) is 0. The zero-order chi connectivity index (χ0) is 11.4. The maximum atomic E-state index is 10.6. The minimum absolute atomic E-state index is 0.526. The highest BCUT2D eigenvalue weighted by atomic mass is 32.1. The number of rotatable bonds is 3. The molecule has 1 aromatic rings. The molecule has 2 rings (SSSR count). The average molecular weight is 240 g/mol. The molecule has 1 saturated heterocycles. The van der Waals surface area contributed by atoms with Crippen LogP contribution in [0.25, 0.3) is 0 Å². The SMILES string of the molecule is CCN1CCCC(O)(Cc2nccs2)CC1. The van der Waals surface area contributed by atoms with Crippen molar-refractivity contribution in [1.29, 1.82) is 0 Å². The molecule has 0 aliphatic carbocycles. The van der Waals surface area contributed by atoms with Crippen molar-refractivity contribution >= 4 is 11.3 Å². The summed E-state index contributed by atoms with van der Waals surface area (Å²) in [6.07, 6.45) is 5.42. The van der Waals surface area contributed by atoms with Crippen molar-refractivity contribution in [2.75, 3.05) is 19.6 Å². The van der Waals surface area contributed by atoms with E-state index >= 15 is 0 Å². The van der Waals surface area contributed by atoms with Gasteiger partial charge in [-0.25, -0.2) is 4.98 Å². The van der Waals surface area contributed by atoms with Gasteiger partial charge in [0.25, 0.3) is 0 Å². The Morgan fingerprint density at radius 2 is 2.38 bits per heavy atom. The Morgan fingerprint density at radius 1 is 1.50 bits per heavy atom. The van der Waals surface area contributed by atoms with E-state index in [-0.39, 0.29) is 0 Å². The number of aliphatic hydroxyl groups is 1. The van der Waals surface area contributed by atoms with Gasteiger partial charge in [-0.1, -0.05) is 6.92 Å². The lowest BCUT2D eigenvalue weighted by Crippen LogP contribution is -2.33. The third kappa shape index (κ3) is 3.03. The monoisotopic (exact) mass is 240 g/mol. The molecule has 1 aromatic heterocycles. The van der Waals surface area contributed by atoms with Gasteiger partial charge in [0.05, 0.1) is 10.6 Å². The minimum atomic E-state index is -0.526. The molecule has 1 unspecified atom stereocenters. The highest BCUT2D eigenvalue weighted by Crippen LogP contribution is 2.27. The van der Waals surface area contributed by atoms with Crippen LogP contribution in [0.3, 0.4) is 0 Å². The van der Waals surface area contributed by atoms with Crippen molar-refractivity contribution < 1.29 is 5.11 Å². The lowest BCUT2D eigenvalue weighted by molar-refractivity contribution is 0.0258. The molecule has 0 radical (unpaired) electrons. The maximum absolute atomic E-state index is 10.6. The molecule has 0 spiro atoms. The lowest BCUT2D eigenvalue weighted by atomic mass is 9.91. The van der Waals surface area contributed by atoms with Crippen molar-refractivity contribution in [1.82, 2.24) is 9.88 Å². The summed E-state index contributed by atoms with van der Waals surface area (Å²) in [5.74, 6) is 0. The second kappa shape index (κ2) is 5.25. The molecule has 1 aliphatic rings. The van der Waals surface area contributed by atoms with E-state index < -0.39 is 5.60 Å². The second-order valence-corrected chi connectivity index (χ2v) is 5.59. The highest BCUT2D eigenvalue weighted by Gasteiger charge is 2.30. The quantitative estimate of drug-likeness (QED) is 0.877. The van der Waals surface area contributed by atoms with E-state index in [0.29, 0.717) is 0 Å². The van der Waals surface area contributed by atoms with Crippen molar-refractivity contribution in [3.05, 3.63) is 16.6 Å². The van der Waals surface area contributed by atoms with E-state index in [0.717, 1.165) is 50.3 Å². The zero-order valence-corrected chi connectivity index (χ0v) is 10.7. The van der Waals surface area contributed by atoms with Crippen molar-refractivity contribution in [3.8, 4) is 0 Å². The standard InChI is InChI=1S/C12H20N2OS/c1-2-14-7-3-4-12(15,5-8-14)10-11-13-6-9-16-11/h6,9,15H,2-5,7-8,10H2,1H3. The molecule has 1 aliphatic heterocycles. The number of hydrogen-bond donors (Lipinski definition) is 1. The van der Waals surface area contributed by atoms with Gasteiger partial charge in [-0.05, 0) is 32.4 Å². The van der Waals surface area contributed by atoms with Crippen molar-refractivity contribution in [3.63, 3.8) is 0 Å². The van der Waals surface area contributed by atoms with Crippen LogP contribution in [0.5, 0.6) is 0 Å². The molecule has 0 saturated carbocycles. The van der Waals surface area contributed by atoms with Gasteiger partial charge in [-0.15, -0.1) is 11.3 Å². The predicted octanol–water partition coefficient (Wildman–Crippen LogP) is 1.92. The first-order valence-electron chi connectivity index (χ1n) is 6.05. The fraction of sp³-hybridized carbons (Fsp3) is 0.750. The Kier molecular flexibility index (Phi) is 3.95. The third-order valence-corrected chi connectivity index (χ3v) is 4.20. The first-order chi connectivity index (χ1) is 7.72. The zero-order valence-electron chi connectivity index (χ0n) is 9.85. The molecule has 0 amide bonds. The molecule has 0 bridgehead atoms. The maximum Gasteiger partial charge on any atom is 0.0953 e. The molecule has 0 aromatic carbocycles. The molecule has 2 heterocycles. The van der Waals surface area contributed by atoms with Gasteiger partial charge in [0.15, 0.2) is 0 Å². The Bertz CT molecular complexity index is 315. The lowest BCUT2D eigenvalue weighted by Gasteiger charge is -2.25. The van der Waals surface area contributed by atoms with Gasteiger partial charge >= 0.3 is 0 Å². The fourth-order valence-corrected chi connectivity index (χ4v) is 3.10. The molecular formula is C12H20N2OS. The van der Waals surface area contributed by atoms with E-state index in [1.54, 1.807) is 11.3 Å². The van der Waals surface area contributed by atoms with Crippen LogP contribution in [0, 0.1) is 0 Å². The van der Waals surface area contributed by atoms with E-state index in [1.807, 2.05) is 11.6 Å². The summed E-state index contributed by atoms with van der Waals surface area (Å²) in [5, 5.41) is 13.6. The van der Waals surface area contributed by atoms with Crippen molar-refractivity contribution in [2.24, 2.45) is 0 Å². The van der Waals surface area contributed by atoms with Crippen LogP contribution in [0.15, 0.2) is 11.6 Å². The number of thiazole rings is 1. The number of nitrogens with zero attached hydrogens (tertiary/aromatic N) is 2. The largest absolute Gasteiger partial charge is 0.389 e. The summed E-state index contributed by atoms with van der Waals surface area (Å²) in [4.78, 5) is 6.69. The molecule has 1 fully saturated rings. The highest BCUT2D eigenvalue weighted by molar-refractivity contribution is 7.09. The van der Waals surface area contributed by atoms with Crippen LogP contribution >= 0.6 is 11.3 Å². The Morgan fingerprint density at radius 3 is 3.06 bits per heavy atom. The normalized spacial score (nSPS) is 27.9. The number of hydrogen-bond acceptors (Lipinski definition) is 4. The first kappa shape index (κ1) is 12.0. The van der Waals surface area contributed by atoms with Crippen LogP contribution in [0.2, 0.25) is 0 Å². The molecule has 16 heavy (non-hydrogen) atoms. The van der Waals surface area contributed by atoms with Crippen LogP contribution in [0.1, 0.15) is 31.2 Å². The van der Waals surface area contributed by atoms with Crippen LogP contribution in [-0.4, -0.2) is 40.2 Å². The molecule has 3 nitrogen and oxygen atoms in total. The molecule has 90 valence electrons. The summed E-state index contributed by atoms with van der Waals surface area (Å²) in [5.41, 5.74) is -0.526. The van der Waals surface area contributed by atoms with Crippen LogP contribution < -0.4 is 0 Å². The van der Waals surface area contributed by atoms with Gasteiger partial charge in [-0.3, -0.25) is 0 Å². The molecule has 1 N–H and O–H groups in total. The van der Waals surface area contributed by atoms with Gasteiger partial charge < -0.3 is 10.0 Å². The first-order valence-corrected chi connectivity index (χ1v) is 6.93. The van der Waals surface area contributed by atoms with Gasteiger partial charge in [-0.2, -0.15) is 0 Å². The van der Waals surface area contributed by atoms with E-state index in [9.17, 15) is 5.11 Å². The smallest absolute Gasteiger partial charge is 0.0953 e. The topological polar surface area (TPSA) is 36.4 Å². The van der Waals surface area contributed by atoms with E-state index in [4.69, 9.17) is 0 Å². The summed E-state index contributed by atoms with van der Waals surface area (Å²) < 4.78 is 0. The predicted molar refractivity (Wildman–Crippen MR) is 66.7 cm³/mol. The third-order valence-electron chi connectivity index (χ3n) is 3.42. The number of likely N-dealkylation sites (tertiary alicyclic amines) is 1. The van der Waals surface area contributed by atoms with E-state index in [2.05, 4.69) is 16.8 Å². The van der Waals surface area contributed by atoms with Gasteiger partial charge in [0.1, 0.15) is 0 Å². The summed E-state index contributed by atoms with van der Waals surface area (Å²) in [6, 6.07) is 0. The van der Waals surface area contributed by atoms with Gasteiger partial charge in [0, 0.05) is 24.5 Å². The Labute approximate surface area is 101 Å². The van der Waals surface area contributed by atoms with Crippen LogP contribution in [-0.2, 0) is 6.42 Å². The number of aromatic nitrogens is 1. The summed E-state index contributed by atoms with van der Waals surface area (Å²) in [6.45, 7) is 5.41. The molecule has 4 heteroatoms. The average Bonchev–Trinajstić information content (AvgIpc) is 2.68. The molecular weight excluding hydrogens is 220 g/mol. The van der Waals surface area contributed by atoms with Crippen molar-refractivity contribution in [2.45, 2.75) is 38.2 Å². The summed E-state index contributed by atoms with van der Waals surface area (Å²) >= 11 is 1.64. The van der Waals surface area contributed by atoms with E-state index in [1.165, 1.54) is 0 Å². The fourth-order valence-electron chi connectivity index (χ4n) is 2.35. The minimum Gasteiger partial charge on any atom is -0.389 e. The van der Waals surface area contributed by atoms with Crippen LogP contribution in [0.4, 0.5) is 0 Å².